The quantitative estimate of drug-likeness (QED) is 0.490. The van der Waals surface area contributed by atoms with Crippen LogP contribution < -0.4 is 0 Å². The van der Waals surface area contributed by atoms with E-state index in [9.17, 15) is 24.3 Å². The van der Waals surface area contributed by atoms with Crippen molar-refractivity contribution in [2.45, 2.75) is 32.7 Å². The minimum Gasteiger partial charge on any atom is -0.507 e. The molecule has 0 unspecified atom stereocenters. The van der Waals surface area contributed by atoms with Gasteiger partial charge in [-0.1, -0.05) is 20.8 Å². The van der Waals surface area contributed by atoms with Gasteiger partial charge in [0.05, 0.1) is 4.91 Å². The molecule has 1 aromatic rings. The molecule has 1 amide bonds. The van der Waals surface area contributed by atoms with Crippen LogP contribution in [0.15, 0.2) is 17.0 Å². The molecule has 1 aliphatic rings. The maximum atomic E-state index is 12.7. The first-order chi connectivity index (χ1) is 12.8. The minimum absolute atomic E-state index is 0.258. The van der Waals surface area contributed by atoms with E-state index in [0.29, 0.717) is 23.7 Å². The molecule has 9 heteroatoms. The maximum Gasteiger partial charge on any atom is 0.344 e. The van der Waals surface area contributed by atoms with Crippen molar-refractivity contribution in [1.82, 2.24) is 9.80 Å². The summed E-state index contributed by atoms with van der Waals surface area (Å²) in [5, 5.41) is 10.7. The lowest BCUT2D eigenvalue weighted by atomic mass is 9.84. The van der Waals surface area contributed by atoms with Crippen LogP contribution in [0.4, 0.5) is 0 Å². The fraction of sp³-hybridized carbons (Fsp3) is 0.526. The number of carbonyl (C=O) groups is 1. The maximum absolute atomic E-state index is 12.7. The van der Waals surface area contributed by atoms with Gasteiger partial charge in [-0.2, -0.15) is 0 Å². The Labute approximate surface area is 170 Å². The van der Waals surface area contributed by atoms with Crippen molar-refractivity contribution >= 4 is 31.3 Å². The molecule has 1 fully saturated rings. The van der Waals surface area contributed by atoms with Crippen LogP contribution >= 0.6 is 19.4 Å². The van der Waals surface area contributed by atoms with Gasteiger partial charge in [-0.05, 0) is 43.3 Å². The van der Waals surface area contributed by atoms with Gasteiger partial charge in [-0.15, -0.1) is 11.8 Å². The largest absolute Gasteiger partial charge is 0.507 e. The first-order valence-corrected chi connectivity index (χ1v) is 11.8. The zero-order valence-corrected chi connectivity index (χ0v) is 18.7. The van der Waals surface area contributed by atoms with Crippen molar-refractivity contribution in [2.75, 3.05) is 32.7 Å². The summed E-state index contributed by atoms with van der Waals surface area (Å²) < 4.78 is 11.3. The summed E-state index contributed by atoms with van der Waals surface area (Å²) in [5.41, 5.74) is 2.06. The summed E-state index contributed by atoms with van der Waals surface area (Å²) >= 11 is 1.38. The number of nitrogens with zero attached hydrogens (tertiary/aromatic N) is 2. The second-order valence-electron chi connectivity index (χ2n) is 8.30. The van der Waals surface area contributed by atoms with Crippen molar-refractivity contribution in [2.24, 2.45) is 0 Å². The number of phenols is 1. The number of hydrogen-bond acceptors (Lipinski definition) is 5. The molecule has 2 rings (SSSR count). The van der Waals surface area contributed by atoms with Gasteiger partial charge in [0.2, 0.25) is 0 Å². The lowest BCUT2D eigenvalue weighted by Gasteiger charge is -2.28. The zero-order valence-electron chi connectivity index (χ0n) is 17.0. The smallest absolute Gasteiger partial charge is 0.344 e. The van der Waals surface area contributed by atoms with Crippen LogP contribution in [-0.2, 0) is 21.3 Å². The van der Waals surface area contributed by atoms with E-state index in [0.717, 1.165) is 16.7 Å². The van der Waals surface area contributed by atoms with Gasteiger partial charge in [-0.25, -0.2) is 0 Å². The first-order valence-electron chi connectivity index (χ1n) is 8.97. The second-order valence-corrected chi connectivity index (χ2v) is 11.0. The number of thioether (sulfide) groups is 1. The number of hydrogen-bond donors (Lipinski definition) is 3. The highest BCUT2D eigenvalue weighted by molar-refractivity contribution is 8.04. The number of aromatic hydroxyl groups is 1. The fourth-order valence-electron chi connectivity index (χ4n) is 3.03. The molecular weight excluding hydrogens is 399 g/mol. The Bertz CT molecular complexity index is 826. The van der Waals surface area contributed by atoms with Gasteiger partial charge in [0.25, 0.3) is 5.91 Å². The van der Waals surface area contributed by atoms with Gasteiger partial charge in [0, 0.05) is 30.0 Å². The third-order valence-electron chi connectivity index (χ3n) is 4.28. The molecule has 1 saturated heterocycles. The Morgan fingerprint density at radius 1 is 1.29 bits per heavy atom. The van der Waals surface area contributed by atoms with Gasteiger partial charge < -0.3 is 24.7 Å². The highest BCUT2D eigenvalue weighted by atomic mass is 32.2. The van der Waals surface area contributed by atoms with Crippen molar-refractivity contribution in [1.29, 1.82) is 0 Å². The number of amides is 1. The molecule has 1 aliphatic heterocycles. The number of benzene rings is 1. The molecule has 0 spiro atoms. The molecule has 0 aromatic heterocycles. The van der Waals surface area contributed by atoms with Crippen LogP contribution in [-0.4, -0.2) is 63.3 Å². The first kappa shape index (κ1) is 23.0. The summed E-state index contributed by atoms with van der Waals surface area (Å²) in [4.78, 5) is 34.7. The molecule has 7 nitrogen and oxygen atoms in total. The highest BCUT2D eigenvalue weighted by Gasteiger charge is 2.29. The molecule has 156 valence electrons. The van der Waals surface area contributed by atoms with Crippen LogP contribution in [0.25, 0.3) is 6.08 Å². The third kappa shape index (κ3) is 6.09. The normalized spacial score (nSPS) is 17.6. The number of phenolic OH excluding ortho intramolecular Hbond substituents is 1. The van der Waals surface area contributed by atoms with E-state index in [1.165, 1.54) is 16.7 Å². The van der Waals surface area contributed by atoms with Crippen LogP contribution in [0.2, 0.25) is 0 Å². The predicted molar refractivity (Wildman–Crippen MR) is 113 cm³/mol. The van der Waals surface area contributed by atoms with E-state index in [2.05, 4.69) is 0 Å². The van der Waals surface area contributed by atoms with E-state index < -0.39 is 13.9 Å². The molecule has 0 bridgehead atoms. The Morgan fingerprint density at radius 3 is 2.46 bits per heavy atom. The predicted octanol–water partition coefficient (Wildman–Crippen LogP) is 2.80. The molecular formula is C19H29N2O5PS. The number of rotatable bonds is 5. The molecule has 0 atom stereocenters. The Hall–Kier alpha value is -1.31. The number of carbonyl (C=O) groups excluding carboxylic acids is 1. The fourth-order valence-corrected chi connectivity index (χ4v) is 4.75. The Morgan fingerprint density at radius 2 is 1.93 bits per heavy atom. The van der Waals surface area contributed by atoms with Crippen molar-refractivity contribution in [3.05, 3.63) is 33.7 Å². The van der Waals surface area contributed by atoms with E-state index in [1.807, 2.05) is 51.9 Å². The van der Waals surface area contributed by atoms with Crippen LogP contribution in [0, 0.1) is 0 Å². The monoisotopic (exact) mass is 428 g/mol. The standard InChI is InChI=1S/C19H29N2O5PS/c1-19(2,3)15-9-13(8-14(17(15)22)11-20(4)5)10-16-18(23)21(6-7-28-16)12-27(24,25)26/h8-10,22H,6-7,11-12H2,1-5H3,(H2,24,25,26)/b16-10+. The van der Waals surface area contributed by atoms with Gasteiger partial charge in [0.1, 0.15) is 12.0 Å². The summed E-state index contributed by atoms with van der Waals surface area (Å²) in [6, 6.07) is 3.73. The SMILES string of the molecule is CN(C)Cc1cc(/C=C2/SCCN(CP(=O)(O)O)C2=O)cc(C(C)(C)C)c1O. The highest BCUT2D eigenvalue weighted by Crippen LogP contribution is 2.39. The summed E-state index contributed by atoms with van der Waals surface area (Å²) in [5.74, 6) is 0.458. The summed E-state index contributed by atoms with van der Waals surface area (Å²) in [6.07, 6.45) is 1.17. The minimum atomic E-state index is -4.31. The summed E-state index contributed by atoms with van der Waals surface area (Å²) in [7, 11) is -0.474. The Balaban J connectivity index is 2.45. The average molecular weight is 428 g/mol. The van der Waals surface area contributed by atoms with Crippen molar-refractivity contribution in [3.63, 3.8) is 0 Å². The molecule has 0 radical (unpaired) electrons. The van der Waals surface area contributed by atoms with E-state index in [-0.39, 0.29) is 17.1 Å². The van der Waals surface area contributed by atoms with E-state index in [1.54, 1.807) is 6.08 Å². The molecule has 1 aromatic carbocycles. The lowest BCUT2D eigenvalue weighted by Crippen LogP contribution is -2.37. The van der Waals surface area contributed by atoms with Crippen molar-refractivity contribution in [3.8, 4) is 5.75 Å². The Kier molecular flexibility index (Phi) is 7.05. The van der Waals surface area contributed by atoms with Crippen LogP contribution in [0.1, 0.15) is 37.5 Å². The third-order valence-corrected chi connectivity index (χ3v) is 5.98. The van der Waals surface area contributed by atoms with Gasteiger partial charge in [0.15, 0.2) is 0 Å². The molecule has 0 aliphatic carbocycles. The second kappa shape index (κ2) is 8.59. The van der Waals surface area contributed by atoms with E-state index >= 15 is 0 Å². The van der Waals surface area contributed by atoms with Gasteiger partial charge in [-0.3, -0.25) is 9.36 Å². The van der Waals surface area contributed by atoms with Gasteiger partial charge >= 0.3 is 7.60 Å². The lowest BCUT2D eigenvalue weighted by molar-refractivity contribution is -0.125. The molecule has 3 N–H and O–H groups in total. The molecule has 1 heterocycles. The van der Waals surface area contributed by atoms with E-state index in [4.69, 9.17) is 0 Å². The van der Waals surface area contributed by atoms with Crippen molar-refractivity contribution < 1.29 is 24.3 Å². The van der Waals surface area contributed by atoms with Crippen LogP contribution in [0.3, 0.4) is 0 Å². The van der Waals surface area contributed by atoms with Crippen LogP contribution in [0.5, 0.6) is 5.75 Å². The zero-order chi connectivity index (χ0) is 21.3. The average Bonchev–Trinajstić information content (AvgIpc) is 2.51. The summed E-state index contributed by atoms with van der Waals surface area (Å²) in [6.45, 7) is 6.90. The topological polar surface area (TPSA) is 101 Å². The molecule has 0 saturated carbocycles. The molecule has 28 heavy (non-hydrogen) atoms.